The fourth-order valence-corrected chi connectivity index (χ4v) is 3.62. The number of amides is 1. The van der Waals surface area contributed by atoms with Gasteiger partial charge in [-0.3, -0.25) is 9.79 Å². The summed E-state index contributed by atoms with van der Waals surface area (Å²) in [5, 5.41) is 15.7. The van der Waals surface area contributed by atoms with Crippen LogP contribution in [0.5, 0.6) is 5.75 Å². The topological polar surface area (TPSA) is 86.2 Å². The van der Waals surface area contributed by atoms with Gasteiger partial charge < -0.3 is 25.4 Å². The highest BCUT2D eigenvalue weighted by Gasteiger charge is 2.25. The van der Waals surface area contributed by atoms with Crippen LogP contribution in [-0.4, -0.2) is 61.2 Å². The Labute approximate surface area is 207 Å². The lowest BCUT2D eigenvalue weighted by Gasteiger charge is -2.35. The molecule has 1 heterocycles. The van der Waals surface area contributed by atoms with Crippen molar-refractivity contribution in [1.82, 2.24) is 15.5 Å². The Hall–Kier alpha value is -2.33. The number of halogens is 1. The van der Waals surface area contributed by atoms with Gasteiger partial charge in [0.25, 0.3) is 5.91 Å². The molecule has 0 aromatic heterocycles. The first-order chi connectivity index (χ1) is 15.1. The third-order valence-corrected chi connectivity index (χ3v) is 5.23. The lowest BCUT2D eigenvalue weighted by atomic mass is 10.0. The molecule has 1 saturated heterocycles. The third-order valence-electron chi connectivity index (χ3n) is 5.23. The number of benzene rings is 2. The van der Waals surface area contributed by atoms with Crippen LogP contribution in [0, 0.1) is 6.92 Å². The van der Waals surface area contributed by atoms with Crippen molar-refractivity contribution in [3.8, 4) is 5.75 Å². The summed E-state index contributed by atoms with van der Waals surface area (Å²) in [5.41, 5.74) is 2.91. The first-order valence-electron chi connectivity index (χ1n) is 10.9. The van der Waals surface area contributed by atoms with Crippen LogP contribution in [0.25, 0.3) is 0 Å². The number of aliphatic imine (C=N–C) groups is 1. The fourth-order valence-electron chi connectivity index (χ4n) is 3.62. The van der Waals surface area contributed by atoms with Crippen LogP contribution in [0.4, 0.5) is 0 Å². The van der Waals surface area contributed by atoms with Gasteiger partial charge in [-0.05, 0) is 49.6 Å². The molecule has 3 rings (SSSR count). The SMILES string of the molecule is CCNC(=NCCCNC(=O)c1cccc(O)c1)N1CCOC(c2ccccc2C)C1.I. The number of phenols is 1. The van der Waals surface area contributed by atoms with Crippen molar-refractivity contribution in [2.24, 2.45) is 4.99 Å². The summed E-state index contributed by atoms with van der Waals surface area (Å²) in [4.78, 5) is 19.2. The zero-order valence-electron chi connectivity index (χ0n) is 18.7. The summed E-state index contributed by atoms with van der Waals surface area (Å²) < 4.78 is 6.03. The first-order valence-corrected chi connectivity index (χ1v) is 10.9. The third kappa shape index (κ3) is 7.37. The Morgan fingerprint density at radius 1 is 1.22 bits per heavy atom. The average Bonchev–Trinajstić information content (AvgIpc) is 2.78. The first kappa shape index (κ1) is 25.9. The van der Waals surface area contributed by atoms with E-state index >= 15 is 0 Å². The van der Waals surface area contributed by atoms with Crippen LogP contribution in [0.15, 0.2) is 53.5 Å². The fraction of sp³-hybridized carbons (Fsp3) is 0.417. The minimum absolute atomic E-state index is 0. The van der Waals surface area contributed by atoms with Crippen molar-refractivity contribution >= 4 is 35.8 Å². The largest absolute Gasteiger partial charge is 0.508 e. The van der Waals surface area contributed by atoms with Gasteiger partial charge in [-0.25, -0.2) is 0 Å². The number of aromatic hydroxyl groups is 1. The van der Waals surface area contributed by atoms with Gasteiger partial charge in [0.2, 0.25) is 0 Å². The molecule has 1 amide bonds. The number of ether oxygens (including phenoxy) is 1. The number of phenolic OH excluding ortho intramolecular Hbond substituents is 1. The lowest BCUT2D eigenvalue weighted by molar-refractivity contribution is -0.00832. The van der Waals surface area contributed by atoms with Gasteiger partial charge in [0.05, 0.1) is 13.2 Å². The molecule has 2 aromatic rings. The molecule has 0 aliphatic carbocycles. The highest BCUT2D eigenvalue weighted by molar-refractivity contribution is 14.0. The number of nitrogens with one attached hydrogen (secondary N) is 2. The molecule has 3 N–H and O–H groups in total. The maximum atomic E-state index is 12.1. The number of rotatable bonds is 7. The quantitative estimate of drug-likeness (QED) is 0.212. The number of hydrogen-bond donors (Lipinski definition) is 3. The Bertz CT molecular complexity index is 906. The van der Waals surface area contributed by atoms with Crippen molar-refractivity contribution < 1.29 is 14.6 Å². The second-order valence-corrected chi connectivity index (χ2v) is 7.56. The van der Waals surface area contributed by atoms with Crippen LogP contribution in [0.2, 0.25) is 0 Å². The average molecular weight is 552 g/mol. The second kappa shape index (κ2) is 13.3. The molecule has 0 saturated carbocycles. The molecule has 1 aliphatic heterocycles. The van der Waals surface area contributed by atoms with Crippen molar-refractivity contribution in [2.75, 3.05) is 39.3 Å². The van der Waals surface area contributed by atoms with E-state index in [1.807, 2.05) is 6.07 Å². The predicted octanol–water partition coefficient (Wildman–Crippen LogP) is 3.48. The van der Waals surface area contributed by atoms with Crippen LogP contribution in [-0.2, 0) is 4.74 Å². The van der Waals surface area contributed by atoms with Crippen LogP contribution in [0.1, 0.15) is 40.9 Å². The van der Waals surface area contributed by atoms with E-state index in [1.54, 1.807) is 18.2 Å². The minimum atomic E-state index is -0.193. The number of nitrogens with zero attached hydrogens (tertiary/aromatic N) is 2. The zero-order valence-corrected chi connectivity index (χ0v) is 21.0. The number of hydrogen-bond acceptors (Lipinski definition) is 4. The second-order valence-electron chi connectivity index (χ2n) is 7.56. The Morgan fingerprint density at radius 3 is 2.78 bits per heavy atom. The summed E-state index contributed by atoms with van der Waals surface area (Å²) >= 11 is 0. The van der Waals surface area contributed by atoms with E-state index in [4.69, 9.17) is 9.73 Å². The van der Waals surface area contributed by atoms with Crippen LogP contribution < -0.4 is 10.6 Å². The summed E-state index contributed by atoms with van der Waals surface area (Å²) in [7, 11) is 0. The molecule has 1 aliphatic rings. The Balaban J connectivity index is 0.00000363. The van der Waals surface area contributed by atoms with E-state index in [0.29, 0.717) is 25.3 Å². The molecule has 32 heavy (non-hydrogen) atoms. The number of carbonyl (C=O) groups is 1. The summed E-state index contributed by atoms with van der Waals surface area (Å²) in [6, 6.07) is 14.7. The molecule has 174 valence electrons. The van der Waals surface area contributed by atoms with Gasteiger partial charge in [-0.2, -0.15) is 0 Å². The predicted molar refractivity (Wildman–Crippen MR) is 138 cm³/mol. The van der Waals surface area contributed by atoms with E-state index in [-0.39, 0.29) is 41.7 Å². The highest BCUT2D eigenvalue weighted by atomic mass is 127. The lowest BCUT2D eigenvalue weighted by Crippen LogP contribution is -2.48. The maximum absolute atomic E-state index is 12.1. The van der Waals surface area contributed by atoms with Gasteiger partial charge in [0.15, 0.2) is 5.96 Å². The molecule has 8 heteroatoms. The van der Waals surface area contributed by atoms with Crippen molar-refractivity contribution in [1.29, 1.82) is 0 Å². The van der Waals surface area contributed by atoms with Gasteiger partial charge in [0, 0.05) is 31.7 Å². The Morgan fingerprint density at radius 2 is 2.03 bits per heavy atom. The smallest absolute Gasteiger partial charge is 0.251 e. The van der Waals surface area contributed by atoms with E-state index in [1.165, 1.54) is 17.2 Å². The standard InChI is InChI=1S/C24H32N4O3.HI/c1-3-25-24(27-13-7-12-26-23(30)19-9-6-10-20(29)16-19)28-14-15-31-22(17-28)21-11-5-4-8-18(21)2;/h4-6,8-11,16,22,29H,3,7,12-15,17H2,1-2H3,(H,25,27)(H,26,30);1H. The van der Waals surface area contributed by atoms with Crippen molar-refractivity contribution in [3.63, 3.8) is 0 Å². The van der Waals surface area contributed by atoms with Crippen molar-refractivity contribution in [3.05, 3.63) is 65.2 Å². The number of aryl methyl sites for hydroxylation is 1. The molecular weight excluding hydrogens is 519 g/mol. The molecule has 2 aromatic carbocycles. The molecule has 0 radical (unpaired) electrons. The maximum Gasteiger partial charge on any atom is 0.251 e. The molecular formula is C24H33IN4O3. The van der Waals surface area contributed by atoms with Gasteiger partial charge >= 0.3 is 0 Å². The monoisotopic (exact) mass is 552 g/mol. The molecule has 1 fully saturated rings. The summed E-state index contributed by atoms with van der Waals surface area (Å²) in [6.07, 6.45) is 0.755. The van der Waals surface area contributed by atoms with E-state index in [2.05, 4.69) is 47.6 Å². The number of morpholine rings is 1. The van der Waals surface area contributed by atoms with Gasteiger partial charge in [0.1, 0.15) is 11.9 Å². The Kier molecular flexibility index (Phi) is 10.8. The van der Waals surface area contributed by atoms with E-state index in [0.717, 1.165) is 32.0 Å². The molecule has 1 atom stereocenters. The minimum Gasteiger partial charge on any atom is -0.508 e. The molecule has 1 unspecified atom stereocenters. The van der Waals surface area contributed by atoms with Gasteiger partial charge in [-0.1, -0.05) is 30.3 Å². The zero-order chi connectivity index (χ0) is 22.1. The molecule has 7 nitrogen and oxygen atoms in total. The number of carbonyl (C=O) groups excluding carboxylic acids is 1. The van der Waals surface area contributed by atoms with Crippen molar-refractivity contribution in [2.45, 2.75) is 26.4 Å². The van der Waals surface area contributed by atoms with E-state index in [9.17, 15) is 9.90 Å². The molecule has 0 spiro atoms. The van der Waals surface area contributed by atoms with Crippen LogP contribution >= 0.6 is 24.0 Å². The van der Waals surface area contributed by atoms with Crippen LogP contribution in [0.3, 0.4) is 0 Å². The van der Waals surface area contributed by atoms with Gasteiger partial charge in [-0.15, -0.1) is 24.0 Å². The van der Waals surface area contributed by atoms with E-state index < -0.39 is 0 Å². The summed E-state index contributed by atoms with van der Waals surface area (Å²) in [5.74, 6) is 0.770. The summed E-state index contributed by atoms with van der Waals surface area (Å²) in [6.45, 7) is 8.30. The number of guanidine groups is 1. The highest BCUT2D eigenvalue weighted by Crippen LogP contribution is 2.25. The normalized spacial score (nSPS) is 16.2. The molecule has 0 bridgehead atoms.